The standard InChI is InChI=1S/C19H20N6O4S/c1-28-15-6-2-3-7-16(15)30(26,27)21-11-10-19-23-22-18-9-8-17(24-25(18)19)20-13-14-5-4-12-29-14/h2-9,12,21H,10-11,13H2,1H3,(H,20,24). The van der Waals surface area contributed by atoms with Gasteiger partial charge in [-0.15, -0.1) is 15.3 Å². The van der Waals surface area contributed by atoms with E-state index in [0.717, 1.165) is 5.76 Å². The second-order valence-corrected chi connectivity index (χ2v) is 8.07. The molecule has 0 atom stereocenters. The van der Waals surface area contributed by atoms with E-state index in [1.807, 2.05) is 12.1 Å². The number of rotatable bonds is 9. The van der Waals surface area contributed by atoms with Crippen LogP contribution in [0.3, 0.4) is 0 Å². The second-order valence-electron chi connectivity index (χ2n) is 6.34. The van der Waals surface area contributed by atoms with Gasteiger partial charge in [0.05, 0.1) is 19.9 Å². The topological polar surface area (TPSA) is 124 Å². The monoisotopic (exact) mass is 428 g/mol. The normalized spacial score (nSPS) is 11.6. The molecule has 11 heteroatoms. The van der Waals surface area contributed by atoms with Crippen LogP contribution in [0.1, 0.15) is 11.6 Å². The SMILES string of the molecule is COc1ccccc1S(=O)(=O)NCCc1nnc2ccc(NCc3ccco3)nn12. The summed E-state index contributed by atoms with van der Waals surface area (Å²) in [7, 11) is -2.30. The van der Waals surface area contributed by atoms with Gasteiger partial charge in [0.25, 0.3) is 0 Å². The number of hydrogen-bond donors (Lipinski definition) is 2. The molecule has 0 aliphatic heterocycles. The fraction of sp³-hybridized carbons (Fsp3) is 0.211. The first-order valence-electron chi connectivity index (χ1n) is 9.17. The molecule has 0 amide bonds. The smallest absolute Gasteiger partial charge is 0.244 e. The van der Waals surface area contributed by atoms with Gasteiger partial charge in [-0.1, -0.05) is 12.1 Å². The van der Waals surface area contributed by atoms with Crippen LogP contribution < -0.4 is 14.8 Å². The maximum atomic E-state index is 12.6. The molecule has 4 rings (SSSR count). The van der Waals surface area contributed by atoms with E-state index >= 15 is 0 Å². The number of anilines is 1. The summed E-state index contributed by atoms with van der Waals surface area (Å²) < 4.78 is 39.8. The highest BCUT2D eigenvalue weighted by molar-refractivity contribution is 7.89. The molecule has 0 unspecified atom stereocenters. The number of benzene rings is 1. The van der Waals surface area contributed by atoms with Crippen molar-refractivity contribution in [1.82, 2.24) is 24.5 Å². The first-order valence-corrected chi connectivity index (χ1v) is 10.7. The van der Waals surface area contributed by atoms with Gasteiger partial charge in [-0.3, -0.25) is 0 Å². The first-order chi connectivity index (χ1) is 14.6. The van der Waals surface area contributed by atoms with Crippen LogP contribution in [0.15, 0.2) is 64.1 Å². The minimum absolute atomic E-state index is 0.0844. The molecule has 10 nitrogen and oxygen atoms in total. The van der Waals surface area contributed by atoms with Gasteiger partial charge in [-0.2, -0.15) is 4.52 Å². The molecule has 0 aliphatic rings. The number of nitrogens with zero attached hydrogens (tertiary/aromatic N) is 4. The maximum absolute atomic E-state index is 12.6. The molecule has 0 spiro atoms. The van der Waals surface area contributed by atoms with Crippen LogP contribution in [0.4, 0.5) is 5.82 Å². The predicted octanol–water partition coefficient (Wildman–Crippen LogP) is 1.86. The van der Waals surface area contributed by atoms with Crippen molar-refractivity contribution in [2.75, 3.05) is 19.0 Å². The predicted molar refractivity (Wildman–Crippen MR) is 109 cm³/mol. The summed E-state index contributed by atoms with van der Waals surface area (Å²) >= 11 is 0. The van der Waals surface area contributed by atoms with E-state index in [1.165, 1.54) is 13.2 Å². The third kappa shape index (κ3) is 4.26. The maximum Gasteiger partial charge on any atom is 0.244 e. The third-order valence-corrected chi connectivity index (χ3v) is 5.85. The van der Waals surface area contributed by atoms with Gasteiger partial charge < -0.3 is 14.5 Å². The summed E-state index contributed by atoms with van der Waals surface area (Å²) in [5.41, 5.74) is 0.570. The van der Waals surface area contributed by atoms with Gasteiger partial charge in [0, 0.05) is 13.0 Å². The number of methoxy groups -OCH3 is 1. The largest absolute Gasteiger partial charge is 0.495 e. The van der Waals surface area contributed by atoms with Crippen LogP contribution in [0.5, 0.6) is 5.75 Å². The lowest BCUT2D eigenvalue weighted by atomic mass is 10.3. The number of furan rings is 1. The Morgan fingerprint density at radius 3 is 2.77 bits per heavy atom. The fourth-order valence-corrected chi connectivity index (χ4v) is 4.09. The Kier molecular flexibility index (Phi) is 5.63. The number of sulfonamides is 1. The lowest BCUT2D eigenvalue weighted by Gasteiger charge is -2.10. The minimum atomic E-state index is -3.73. The Hall–Kier alpha value is -3.44. The molecule has 1 aromatic carbocycles. The van der Waals surface area contributed by atoms with Gasteiger partial charge in [0.1, 0.15) is 22.2 Å². The molecule has 156 valence electrons. The summed E-state index contributed by atoms with van der Waals surface area (Å²) in [6.45, 7) is 0.620. The van der Waals surface area contributed by atoms with Crippen molar-refractivity contribution in [3.8, 4) is 5.75 Å². The lowest BCUT2D eigenvalue weighted by Crippen LogP contribution is -2.27. The molecule has 0 saturated carbocycles. The van der Waals surface area contributed by atoms with Crippen molar-refractivity contribution < 1.29 is 17.6 Å². The zero-order valence-corrected chi connectivity index (χ0v) is 17.0. The summed E-state index contributed by atoms with van der Waals surface area (Å²) in [5.74, 6) is 2.22. The Bertz CT molecular complexity index is 1240. The highest BCUT2D eigenvalue weighted by Gasteiger charge is 2.19. The summed E-state index contributed by atoms with van der Waals surface area (Å²) in [5, 5.41) is 15.8. The molecule has 2 N–H and O–H groups in total. The van der Waals surface area contributed by atoms with Gasteiger partial charge >= 0.3 is 0 Å². The lowest BCUT2D eigenvalue weighted by molar-refractivity contribution is 0.402. The Morgan fingerprint density at radius 1 is 1.10 bits per heavy atom. The molecule has 0 bridgehead atoms. The molecule has 4 aromatic rings. The van der Waals surface area contributed by atoms with Crippen molar-refractivity contribution >= 4 is 21.5 Å². The number of nitrogens with one attached hydrogen (secondary N) is 2. The quantitative estimate of drug-likeness (QED) is 0.414. The summed E-state index contributed by atoms with van der Waals surface area (Å²) in [6, 6.07) is 13.7. The van der Waals surface area contributed by atoms with Crippen molar-refractivity contribution in [2.24, 2.45) is 0 Å². The molecule has 0 fully saturated rings. The van der Waals surface area contributed by atoms with Crippen molar-refractivity contribution in [3.05, 3.63) is 66.4 Å². The van der Waals surface area contributed by atoms with Crippen LogP contribution in [0.25, 0.3) is 5.65 Å². The van der Waals surface area contributed by atoms with Crippen LogP contribution in [-0.2, 0) is 23.0 Å². The number of ether oxygens (including phenoxy) is 1. The van der Waals surface area contributed by atoms with E-state index < -0.39 is 10.0 Å². The number of hydrogen-bond acceptors (Lipinski definition) is 8. The van der Waals surface area contributed by atoms with Gasteiger partial charge in [-0.05, 0) is 36.4 Å². The van der Waals surface area contributed by atoms with Gasteiger partial charge in [0.15, 0.2) is 11.5 Å². The van der Waals surface area contributed by atoms with E-state index in [4.69, 9.17) is 9.15 Å². The van der Waals surface area contributed by atoms with Crippen LogP contribution >= 0.6 is 0 Å². The minimum Gasteiger partial charge on any atom is -0.495 e. The average molecular weight is 428 g/mol. The third-order valence-electron chi connectivity index (χ3n) is 4.35. The van der Waals surface area contributed by atoms with Crippen LogP contribution in [0, 0.1) is 0 Å². The van der Waals surface area contributed by atoms with E-state index in [0.29, 0.717) is 30.3 Å². The fourth-order valence-electron chi connectivity index (χ4n) is 2.89. The van der Waals surface area contributed by atoms with Crippen LogP contribution in [0.2, 0.25) is 0 Å². The number of fused-ring (bicyclic) bond motifs is 1. The molecule has 0 aliphatic carbocycles. The Labute approximate surface area is 172 Å². The van der Waals surface area contributed by atoms with Gasteiger partial charge in [0.2, 0.25) is 10.0 Å². The number of aromatic nitrogens is 4. The van der Waals surface area contributed by atoms with Crippen LogP contribution in [-0.4, -0.2) is 41.9 Å². The van der Waals surface area contributed by atoms with E-state index in [-0.39, 0.29) is 17.2 Å². The molecule has 0 radical (unpaired) electrons. The Balaban J connectivity index is 1.44. The summed E-state index contributed by atoms with van der Waals surface area (Å²) in [4.78, 5) is 0.0844. The molecule has 3 aromatic heterocycles. The van der Waals surface area contributed by atoms with Gasteiger partial charge in [-0.25, -0.2) is 13.1 Å². The second kappa shape index (κ2) is 8.51. The van der Waals surface area contributed by atoms with Crippen molar-refractivity contribution in [3.63, 3.8) is 0 Å². The average Bonchev–Trinajstić information content (AvgIpc) is 3.42. The molecule has 0 saturated heterocycles. The van der Waals surface area contributed by atoms with Crippen molar-refractivity contribution in [1.29, 1.82) is 0 Å². The number of para-hydroxylation sites is 1. The summed E-state index contributed by atoms with van der Waals surface area (Å²) in [6.07, 6.45) is 1.92. The zero-order chi connectivity index (χ0) is 21.0. The highest BCUT2D eigenvalue weighted by atomic mass is 32.2. The zero-order valence-electron chi connectivity index (χ0n) is 16.1. The van der Waals surface area contributed by atoms with Crippen molar-refractivity contribution in [2.45, 2.75) is 17.9 Å². The van der Waals surface area contributed by atoms with E-state index in [1.54, 1.807) is 41.1 Å². The molecule has 3 heterocycles. The molecule has 30 heavy (non-hydrogen) atoms. The molecular weight excluding hydrogens is 408 g/mol. The van der Waals surface area contributed by atoms with E-state index in [2.05, 4.69) is 25.3 Å². The van der Waals surface area contributed by atoms with E-state index in [9.17, 15) is 8.42 Å². The first kappa shape index (κ1) is 19.9. The Morgan fingerprint density at radius 2 is 1.97 bits per heavy atom. The highest BCUT2D eigenvalue weighted by Crippen LogP contribution is 2.22. The molecular formula is C19H20N6O4S.